The van der Waals surface area contributed by atoms with E-state index >= 15 is 0 Å². The molecule has 1 unspecified atom stereocenters. The fourth-order valence-electron chi connectivity index (χ4n) is 3.79. The fourth-order valence-corrected chi connectivity index (χ4v) is 4.73. The van der Waals surface area contributed by atoms with Crippen molar-refractivity contribution in [3.63, 3.8) is 0 Å². The number of ketones is 1. The molecule has 3 aromatic carbocycles. The molecule has 1 aromatic heterocycles. The van der Waals surface area contributed by atoms with E-state index in [2.05, 4.69) is 10.3 Å². The molecule has 32 heavy (non-hydrogen) atoms. The van der Waals surface area contributed by atoms with Crippen LogP contribution in [0.15, 0.2) is 66.7 Å². The molecule has 0 radical (unpaired) electrons. The van der Waals surface area contributed by atoms with Crippen molar-refractivity contribution >= 4 is 33.2 Å². The van der Waals surface area contributed by atoms with Gasteiger partial charge < -0.3 is 15.8 Å². The highest BCUT2D eigenvalue weighted by Gasteiger charge is 2.27. The molecule has 0 fully saturated rings. The summed E-state index contributed by atoms with van der Waals surface area (Å²) in [5.41, 5.74) is 9.61. The summed E-state index contributed by atoms with van der Waals surface area (Å²) in [6.45, 7) is 1.02. The van der Waals surface area contributed by atoms with Gasteiger partial charge in [0.1, 0.15) is 11.8 Å². The standard InChI is InChI=1S/C25H21N3O3S/c26-14-15-5-7-16(8-6-15)22(23(29)25-27-19-3-1-2-4-21(19)32-25)28-24(30)18-9-10-20-17(13-18)11-12-31-20/h1-10,13,22H,11-12,14,26H2,(H,28,30). The quantitative estimate of drug-likeness (QED) is 0.439. The summed E-state index contributed by atoms with van der Waals surface area (Å²) in [5.74, 6) is 0.243. The van der Waals surface area contributed by atoms with E-state index in [1.165, 1.54) is 11.3 Å². The van der Waals surface area contributed by atoms with Crippen LogP contribution in [-0.4, -0.2) is 23.3 Å². The molecule has 1 amide bonds. The van der Waals surface area contributed by atoms with E-state index < -0.39 is 6.04 Å². The van der Waals surface area contributed by atoms with Gasteiger partial charge in [0.15, 0.2) is 5.01 Å². The Hall–Kier alpha value is -3.55. The number of Topliss-reactive ketones (excluding diaryl/α,β-unsaturated/α-hetero) is 1. The maximum absolute atomic E-state index is 13.5. The first-order chi connectivity index (χ1) is 15.6. The number of benzene rings is 3. The van der Waals surface area contributed by atoms with Gasteiger partial charge in [-0.25, -0.2) is 4.98 Å². The van der Waals surface area contributed by atoms with E-state index in [9.17, 15) is 9.59 Å². The molecule has 0 saturated heterocycles. The van der Waals surface area contributed by atoms with Gasteiger partial charge in [-0.2, -0.15) is 0 Å². The van der Waals surface area contributed by atoms with Crippen molar-refractivity contribution in [3.05, 3.63) is 94.0 Å². The van der Waals surface area contributed by atoms with Crippen molar-refractivity contribution in [2.24, 2.45) is 5.73 Å². The van der Waals surface area contributed by atoms with Gasteiger partial charge >= 0.3 is 0 Å². The maximum atomic E-state index is 13.5. The van der Waals surface area contributed by atoms with Gasteiger partial charge in [0.2, 0.25) is 5.78 Å². The van der Waals surface area contributed by atoms with Crippen LogP contribution < -0.4 is 15.8 Å². The van der Waals surface area contributed by atoms with E-state index in [4.69, 9.17) is 10.5 Å². The predicted octanol–water partition coefficient (Wildman–Crippen LogP) is 4.04. The summed E-state index contributed by atoms with van der Waals surface area (Å²) in [5, 5.41) is 3.29. The summed E-state index contributed by atoms with van der Waals surface area (Å²) in [6.07, 6.45) is 0.769. The van der Waals surface area contributed by atoms with Crippen molar-refractivity contribution in [2.75, 3.05) is 6.61 Å². The summed E-state index contributed by atoms with van der Waals surface area (Å²) in [4.78, 5) is 31.1. The third-order valence-corrected chi connectivity index (χ3v) is 6.59. The number of amides is 1. The average Bonchev–Trinajstić information content (AvgIpc) is 3.48. The van der Waals surface area contributed by atoms with E-state index in [-0.39, 0.29) is 11.7 Å². The van der Waals surface area contributed by atoms with Crippen LogP contribution in [0.3, 0.4) is 0 Å². The van der Waals surface area contributed by atoms with E-state index in [1.807, 2.05) is 54.6 Å². The maximum Gasteiger partial charge on any atom is 0.252 e. The third-order valence-electron chi connectivity index (χ3n) is 5.54. The van der Waals surface area contributed by atoms with Crippen LogP contribution in [-0.2, 0) is 13.0 Å². The molecule has 5 rings (SSSR count). The summed E-state index contributed by atoms with van der Waals surface area (Å²) in [6, 6.07) is 19.5. The minimum absolute atomic E-state index is 0.246. The summed E-state index contributed by atoms with van der Waals surface area (Å²) >= 11 is 1.33. The molecule has 7 heteroatoms. The van der Waals surface area contributed by atoms with E-state index in [1.54, 1.807) is 12.1 Å². The lowest BCUT2D eigenvalue weighted by molar-refractivity contribution is 0.0857. The largest absolute Gasteiger partial charge is 0.493 e. The lowest BCUT2D eigenvalue weighted by atomic mass is 10.00. The van der Waals surface area contributed by atoms with Crippen molar-refractivity contribution < 1.29 is 14.3 Å². The number of rotatable bonds is 6. The van der Waals surface area contributed by atoms with E-state index in [0.29, 0.717) is 29.3 Å². The first kappa shape index (κ1) is 20.4. The monoisotopic (exact) mass is 443 g/mol. The fraction of sp³-hybridized carbons (Fsp3) is 0.160. The van der Waals surface area contributed by atoms with E-state index in [0.717, 1.165) is 33.5 Å². The molecule has 0 bridgehead atoms. The molecule has 0 saturated carbocycles. The summed E-state index contributed by atoms with van der Waals surface area (Å²) in [7, 11) is 0. The number of nitrogens with one attached hydrogen (secondary N) is 1. The number of para-hydroxylation sites is 1. The number of ether oxygens (including phenoxy) is 1. The second-order valence-electron chi connectivity index (χ2n) is 7.62. The third kappa shape index (κ3) is 3.88. The first-order valence-electron chi connectivity index (χ1n) is 10.4. The minimum Gasteiger partial charge on any atom is -0.493 e. The molecule has 1 aliphatic rings. The zero-order valence-electron chi connectivity index (χ0n) is 17.2. The lowest BCUT2D eigenvalue weighted by Gasteiger charge is -2.18. The molecule has 1 atom stereocenters. The predicted molar refractivity (Wildman–Crippen MR) is 124 cm³/mol. The number of thiazole rings is 1. The highest BCUT2D eigenvalue weighted by molar-refractivity contribution is 7.20. The lowest BCUT2D eigenvalue weighted by Crippen LogP contribution is -2.34. The summed E-state index contributed by atoms with van der Waals surface area (Å²) < 4.78 is 6.46. The topological polar surface area (TPSA) is 94.3 Å². The van der Waals surface area contributed by atoms with Crippen LogP contribution in [0.2, 0.25) is 0 Å². The highest BCUT2D eigenvalue weighted by Crippen LogP contribution is 2.28. The second kappa shape index (κ2) is 8.53. The molecule has 6 nitrogen and oxygen atoms in total. The minimum atomic E-state index is -0.862. The van der Waals surface area contributed by atoms with Gasteiger partial charge in [-0.1, -0.05) is 36.4 Å². The van der Waals surface area contributed by atoms with Gasteiger partial charge in [0.05, 0.1) is 16.8 Å². The molecule has 160 valence electrons. The van der Waals surface area contributed by atoms with Crippen LogP contribution in [0.25, 0.3) is 10.2 Å². The molecule has 2 heterocycles. The Morgan fingerprint density at radius 3 is 2.69 bits per heavy atom. The molecule has 1 aliphatic heterocycles. The zero-order valence-corrected chi connectivity index (χ0v) is 18.0. The Bertz CT molecular complexity index is 1280. The smallest absolute Gasteiger partial charge is 0.252 e. The van der Waals surface area contributed by atoms with Crippen LogP contribution in [0, 0.1) is 0 Å². The molecule has 4 aromatic rings. The Labute approximate surface area is 189 Å². The second-order valence-corrected chi connectivity index (χ2v) is 8.65. The van der Waals surface area contributed by atoms with Crippen LogP contribution in [0.1, 0.15) is 42.9 Å². The van der Waals surface area contributed by atoms with Crippen molar-refractivity contribution in [3.8, 4) is 5.75 Å². The number of nitrogens with zero attached hydrogens (tertiary/aromatic N) is 1. The van der Waals surface area contributed by atoms with Crippen LogP contribution in [0.4, 0.5) is 0 Å². The van der Waals surface area contributed by atoms with Gasteiger partial charge in [-0.05, 0) is 47.0 Å². The SMILES string of the molecule is NCc1ccc(C(NC(=O)c2ccc3c(c2)CCO3)C(=O)c2nc3ccccc3s2)cc1. The molecule has 3 N–H and O–H groups in total. The highest BCUT2D eigenvalue weighted by atomic mass is 32.1. The van der Waals surface area contributed by atoms with Crippen LogP contribution in [0.5, 0.6) is 5.75 Å². The van der Waals surface area contributed by atoms with Gasteiger partial charge in [-0.3, -0.25) is 9.59 Å². The number of carbonyl (C=O) groups is 2. The van der Waals surface area contributed by atoms with Crippen molar-refractivity contribution in [1.29, 1.82) is 0 Å². The Morgan fingerprint density at radius 1 is 1.09 bits per heavy atom. The number of hydrogen-bond donors (Lipinski definition) is 2. The Balaban J connectivity index is 1.48. The zero-order chi connectivity index (χ0) is 22.1. The van der Waals surface area contributed by atoms with Gasteiger partial charge in [0, 0.05) is 18.5 Å². The number of aromatic nitrogens is 1. The first-order valence-corrected chi connectivity index (χ1v) is 11.2. The number of hydrogen-bond acceptors (Lipinski definition) is 6. The van der Waals surface area contributed by atoms with Crippen LogP contribution >= 0.6 is 11.3 Å². The normalized spacial score (nSPS) is 13.4. The molecule has 0 spiro atoms. The van der Waals surface area contributed by atoms with Gasteiger partial charge in [-0.15, -0.1) is 11.3 Å². The molecular formula is C25H21N3O3S. The van der Waals surface area contributed by atoms with Crippen molar-refractivity contribution in [1.82, 2.24) is 10.3 Å². The Kier molecular flexibility index (Phi) is 5.43. The number of nitrogens with two attached hydrogens (primary N) is 1. The van der Waals surface area contributed by atoms with Gasteiger partial charge in [0.25, 0.3) is 5.91 Å². The molecular weight excluding hydrogens is 422 g/mol. The average molecular weight is 444 g/mol. The Morgan fingerprint density at radius 2 is 1.91 bits per heavy atom. The van der Waals surface area contributed by atoms with Crippen molar-refractivity contribution in [2.45, 2.75) is 19.0 Å². The number of fused-ring (bicyclic) bond motifs is 2. The molecule has 0 aliphatic carbocycles. The number of carbonyl (C=O) groups excluding carboxylic acids is 2.